The molecule has 1 unspecified atom stereocenters. The zero-order chi connectivity index (χ0) is 12.3. The molecule has 1 atom stereocenters. The number of benzene rings is 1. The number of nitrogens with two attached hydrogens (primary N) is 1. The highest BCUT2D eigenvalue weighted by molar-refractivity contribution is 5.36. The third-order valence-corrected chi connectivity index (χ3v) is 2.57. The minimum Gasteiger partial charge on any atom is -0.455 e. The van der Waals surface area contributed by atoms with Gasteiger partial charge in [0.05, 0.1) is 5.69 Å². The van der Waals surface area contributed by atoms with Crippen molar-refractivity contribution in [1.29, 1.82) is 0 Å². The molecular formula is C14H16N2O. The first-order valence-electron chi connectivity index (χ1n) is 5.62. The van der Waals surface area contributed by atoms with E-state index < -0.39 is 0 Å². The fourth-order valence-corrected chi connectivity index (χ4v) is 1.57. The Kier molecular flexibility index (Phi) is 3.40. The van der Waals surface area contributed by atoms with Crippen LogP contribution in [0.3, 0.4) is 0 Å². The highest BCUT2D eigenvalue weighted by atomic mass is 16.5. The quantitative estimate of drug-likeness (QED) is 0.877. The van der Waals surface area contributed by atoms with E-state index in [1.165, 1.54) is 0 Å². The van der Waals surface area contributed by atoms with Crippen molar-refractivity contribution in [2.24, 2.45) is 5.73 Å². The molecule has 1 heterocycles. The molecule has 2 aromatic rings. The Bertz CT molecular complexity index is 509. The Hall–Kier alpha value is -1.87. The molecule has 0 saturated carbocycles. The van der Waals surface area contributed by atoms with Crippen molar-refractivity contribution in [2.75, 3.05) is 0 Å². The SMILES string of the molecule is Cc1ncccc1Oc1cccc(C(C)N)c1. The predicted molar refractivity (Wildman–Crippen MR) is 68.1 cm³/mol. The Morgan fingerprint density at radius 3 is 2.76 bits per heavy atom. The van der Waals surface area contributed by atoms with Crippen LogP contribution in [0.15, 0.2) is 42.6 Å². The van der Waals surface area contributed by atoms with Gasteiger partial charge in [0.15, 0.2) is 0 Å². The van der Waals surface area contributed by atoms with Gasteiger partial charge >= 0.3 is 0 Å². The first-order valence-corrected chi connectivity index (χ1v) is 5.62. The summed E-state index contributed by atoms with van der Waals surface area (Å²) in [5.41, 5.74) is 7.77. The molecular weight excluding hydrogens is 212 g/mol. The molecule has 0 saturated heterocycles. The fraction of sp³-hybridized carbons (Fsp3) is 0.214. The van der Waals surface area contributed by atoms with Crippen molar-refractivity contribution in [3.05, 3.63) is 53.9 Å². The third-order valence-electron chi connectivity index (χ3n) is 2.57. The highest BCUT2D eigenvalue weighted by Gasteiger charge is 2.04. The van der Waals surface area contributed by atoms with E-state index in [0.29, 0.717) is 0 Å². The first kappa shape index (κ1) is 11.6. The maximum absolute atomic E-state index is 5.84. The standard InChI is InChI=1S/C14H16N2O/c1-10(15)12-5-3-6-13(9-12)17-14-7-4-8-16-11(14)2/h3-10H,15H2,1-2H3. The maximum Gasteiger partial charge on any atom is 0.148 e. The smallest absolute Gasteiger partial charge is 0.148 e. The van der Waals surface area contributed by atoms with Crippen molar-refractivity contribution in [2.45, 2.75) is 19.9 Å². The normalized spacial score (nSPS) is 12.2. The topological polar surface area (TPSA) is 48.1 Å². The molecule has 1 aromatic carbocycles. The van der Waals surface area contributed by atoms with Gasteiger partial charge in [0.25, 0.3) is 0 Å². The van der Waals surface area contributed by atoms with Crippen LogP contribution in [0.2, 0.25) is 0 Å². The number of hydrogen-bond donors (Lipinski definition) is 1. The lowest BCUT2D eigenvalue weighted by molar-refractivity contribution is 0.474. The monoisotopic (exact) mass is 228 g/mol. The zero-order valence-electron chi connectivity index (χ0n) is 10.1. The summed E-state index contributed by atoms with van der Waals surface area (Å²) in [5, 5.41) is 0. The second-order valence-electron chi connectivity index (χ2n) is 4.05. The van der Waals surface area contributed by atoms with Gasteiger partial charge in [0, 0.05) is 12.2 Å². The summed E-state index contributed by atoms with van der Waals surface area (Å²) in [5.74, 6) is 1.56. The zero-order valence-corrected chi connectivity index (χ0v) is 10.1. The molecule has 3 nitrogen and oxygen atoms in total. The van der Waals surface area contributed by atoms with Gasteiger partial charge < -0.3 is 10.5 Å². The van der Waals surface area contributed by atoms with Gasteiger partial charge in [-0.15, -0.1) is 0 Å². The van der Waals surface area contributed by atoms with Gasteiger partial charge in [0.1, 0.15) is 11.5 Å². The van der Waals surface area contributed by atoms with Crippen LogP contribution in [0.25, 0.3) is 0 Å². The summed E-state index contributed by atoms with van der Waals surface area (Å²) >= 11 is 0. The fourth-order valence-electron chi connectivity index (χ4n) is 1.57. The minimum absolute atomic E-state index is 0.00791. The van der Waals surface area contributed by atoms with Crippen LogP contribution in [0, 0.1) is 6.92 Å². The van der Waals surface area contributed by atoms with E-state index >= 15 is 0 Å². The lowest BCUT2D eigenvalue weighted by atomic mass is 10.1. The summed E-state index contributed by atoms with van der Waals surface area (Å²) in [6.45, 7) is 3.87. The minimum atomic E-state index is 0.00791. The summed E-state index contributed by atoms with van der Waals surface area (Å²) in [7, 11) is 0. The van der Waals surface area contributed by atoms with E-state index in [9.17, 15) is 0 Å². The number of ether oxygens (including phenoxy) is 1. The average molecular weight is 228 g/mol. The van der Waals surface area contributed by atoms with E-state index in [4.69, 9.17) is 10.5 Å². The van der Waals surface area contributed by atoms with E-state index in [1.807, 2.05) is 50.2 Å². The molecule has 3 heteroatoms. The molecule has 0 spiro atoms. The summed E-state index contributed by atoms with van der Waals surface area (Å²) in [4.78, 5) is 4.18. The van der Waals surface area contributed by atoms with Crippen LogP contribution in [0.4, 0.5) is 0 Å². The van der Waals surface area contributed by atoms with Crippen LogP contribution in [-0.4, -0.2) is 4.98 Å². The molecule has 0 aliphatic carbocycles. The first-order chi connectivity index (χ1) is 8.16. The molecule has 17 heavy (non-hydrogen) atoms. The predicted octanol–water partition coefficient (Wildman–Crippen LogP) is 3.20. The molecule has 88 valence electrons. The van der Waals surface area contributed by atoms with Crippen molar-refractivity contribution >= 4 is 0 Å². The number of nitrogens with zero attached hydrogens (tertiary/aromatic N) is 1. The van der Waals surface area contributed by atoms with Gasteiger partial charge in [-0.2, -0.15) is 0 Å². The van der Waals surface area contributed by atoms with Gasteiger partial charge in [0.2, 0.25) is 0 Å². The van der Waals surface area contributed by atoms with Crippen LogP contribution < -0.4 is 10.5 Å². The molecule has 0 bridgehead atoms. The molecule has 2 rings (SSSR count). The summed E-state index contributed by atoms with van der Waals surface area (Å²) < 4.78 is 5.78. The molecule has 0 radical (unpaired) electrons. The molecule has 0 amide bonds. The van der Waals surface area contributed by atoms with Crippen molar-refractivity contribution in [3.8, 4) is 11.5 Å². The maximum atomic E-state index is 5.84. The summed E-state index contributed by atoms with van der Waals surface area (Å²) in [6.07, 6.45) is 1.75. The third kappa shape index (κ3) is 2.82. The Labute approximate surface area is 101 Å². The molecule has 0 fully saturated rings. The lowest BCUT2D eigenvalue weighted by Crippen LogP contribution is -2.04. The second kappa shape index (κ2) is 4.97. The van der Waals surface area contributed by atoms with Crippen LogP contribution in [0.1, 0.15) is 24.2 Å². The van der Waals surface area contributed by atoms with Crippen molar-refractivity contribution in [3.63, 3.8) is 0 Å². The van der Waals surface area contributed by atoms with Gasteiger partial charge in [-0.3, -0.25) is 4.98 Å². The van der Waals surface area contributed by atoms with Gasteiger partial charge in [-0.05, 0) is 43.7 Å². The Morgan fingerprint density at radius 2 is 2.06 bits per heavy atom. The van der Waals surface area contributed by atoms with Crippen LogP contribution >= 0.6 is 0 Å². The van der Waals surface area contributed by atoms with E-state index in [1.54, 1.807) is 6.20 Å². The Balaban J connectivity index is 2.25. The number of aryl methyl sites for hydroxylation is 1. The number of aromatic nitrogens is 1. The molecule has 2 N–H and O–H groups in total. The van der Waals surface area contributed by atoms with Crippen molar-refractivity contribution in [1.82, 2.24) is 4.98 Å². The lowest BCUT2D eigenvalue weighted by Gasteiger charge is -2.10. The number of pyridine rings is 1. The average Bonchev–Trinajstić information content (AvgIpc) is 2.32. The second-order valence-corrected chi connectivity index (χ2v) is 4.05. The largest absolute Gasteiger partial charge is 0.455 e. The molecule has 1 aromatic heterocycles. The van der Waals surface area contributed by atoms with E-state index in [-0.39, 0.29) is 6.04 Å². The molecule has 0 aliphatic rings. The van der Waals surface area contributed by atoms with E-state index in [0.717, 1.165) is 22.8 Å². The molecule has 0 aliphatic heterocycles. The number of hydrogen-bond acceptors (Lipinski definition) is 3. The Morgan fingerprint density at radius 1 is 1.24 bits per heavy atom. The van der Waals surface area contributed by atoms with Gasteiger partial charge in [-0.1, -0.05) is 12.1 Å². The van der Waals surface area contributed by atoms with Crippen LogP contribution in [-0.2, 0) is 0 Å². The van der Waals surface area contributed by atoms with Crippen LogP contribution in [0.5, 0.6) is 11.5 Å². The van der Waals surface area contributed by atoms with Crippen molar-refractivity contribution < 1.29 is 4.74 Å². The highest BCUT2D eigenvalue weighted by Crippen LogP contribution is 2.25. The van der Waals surface area contributed by atoms with E-state index in [2.05, 4.69) is 4.98 Å². The van der Waals surface area contributed by atoms with Gasteiger partial charge in [-0.25, -0.2) is 0 Å². The number of rotatable bonds is 3. The summed E-state index contributed by atoms with van der Waals surface area (Å²) in [6, 6.07) is 11.6.